The fourth-order valence-corrected chi connectivity index (χ4v) is 2.46. The van der Waals surface area contributed by atoms with E-state index in [0.29, 0.717) is 0 Å². The summed E-state index contributed by atoms with van der Waals surface area (Å²) in [6.07, 6.45) is 2.79. The molecule has 1 aliphatic rings. The second kappa shape index (κ2) is 3.78. The third-order valence-corrected chi connectivity index (χ3v) is 3.41. The quantitative estimate of drug-likeness (QED) is 0.768. The SMILES string of the molecule is OC1(CCc2ccsc2)CCNC1. The van der Waals surface area contributed by atoms with Gasteiger partial charge in [-0.1, -0.05) is 0 Å². The Bertz CT molecular complexity index is 252. The topological polar surface area (TPSA) is 32.3 Å². The summed E-state index contributed by atoms with van der Waals surface area (Å²) < 4.78 is 0. The molecule has 1 saturated heterocycles. The van der Waals surface area contributed by atoms with Gasteiger partial charge in [0.15, 0.2) is 0 Å². The summed E-state index contributed by atoms with van der Waals surface area (Å²) in [5, 5.41) is 17.5. The Balaban J connectivity index is 1.85. The monoisotopic (exact) mass is 197 g/mol. The maximum atomic E-state index is 10.0. The van der Waals surface area contributed by atoms with Gasteiger partial charge in [0, 0.05) is 6.54 Å². The van der Waals surface area contributed by atoms with Crippen molar-refractivity contribution in [2.75, 3.05) is 13.1 Å². The second-order valence-electron chi connectivity index (χ2n) is 3.78. The van der Waals surface area contributed by atoms with Crippen molar-refractivity contribution in [3.8, 4) is 0 Å². The maximum absolute atomic E-state index is 10.0. The molecule has 1 unspecified atom stereocenters. The summed E-state index contributed by atoms with van der Waals surface area (Å²) in [5.41, 5.74) is 0.910. The van der Waals surface area contributed by atoms with E-state index in [4.69, 9.17) is 0 Å². The first-order valence-corrected chi connectivity index (χ1v) is 5.67. The zero-order chi connectivity index (χ0) is 9.15. The zero-order valence-corrected chi connectivity index (χ0v) is 8.44. The Labute approximate surface area is 82.6 Å². The third-order valence-electron chi connectivity index (χ3n) is 2.68. The van der Waals surface area contributed by atoms with E-state index in [1.807, 2.05) is 0 Å². The molecule has 1 atom stereocenters. The van der Waals surface area contributed by atoms with Gasteiger partial charge in [0.05, 0.1) is 5.60 Å². The van der Waals surface area contributed by atoms with Crippen molar-refractivity contribution in [3.05, 3.63) is 22.4 Å². The van der Waals surface area contributed by atoms with E-state index < -0.39 is 5.60 Å². The molecule has 3 heteroatoms. The summed E-state index contributed by atoms with van der Waals surface area (Å²) in [7, 11) is 0. The Morgan fingerprint density at radius 1 is 1.62 bits per heavy atom. The summed E-state index contributed by atoms with van der Waals surface area (Å²) >= 11 is 1.72. The van der Waals surface area contributed by atoms with Crippen molar-refractivity contribution in [3.63, 3.8) is 0 Å². The summed E-state index contributed by atoms with van der Waals surface area (Å²) in [5.74, 6) is 0. The van der Waals surface area contributed by atoms with Gasteiger partial charge in [-0.3, -0.25) is 0 Å². The number of aliphatic hydroxyl groups is 1. The van der Waals surface area contributed by atoms with Crippen LogP contribution < -0.4 is 5.32 Å². The van der Waals surface area contributed by atoms with Crippen molar-refractivity contribution >= 4 is 11.3 Å². The van der Waals surface area contributed by atoms with Crippen LogP contribution in [0, 0.1) is 0 Å². The van der Waals surface area contributed by atoms with Crippen molar-refractivity contribution in [1.29, 1.82) is 0 Å². The van der Waals surface area contributed by atoms with E-state index in [0.717, 1.165) is 32.4 Å². The van der Waals surface area contributed by atoms with Crippen LogP contribution in [0.3, 0.4) is 0 Å². The molecule has 72 valence electrons. The molecular formula is C10H15NOS. The molecule has 2 rings (SSSR count). The molecule has 0 amide bonds. The van der Waals surface area contributed by atoms with Crippen molar-refractivity contribution in [2.45, 2.75) is 24.9 Å². The number of β-amino-alcohol motifs (C(OH)–C–C–N with tert-alkyl or cyclic N) is 1. The Morgan fingerprint density at radius 2 is 2.54 bits per heavy atom. The summed E-state index contributed by atoms with van der Waals surface area (Å²) in [4.78, 5) is 0. The first kappa shape index (κ1) is 9.19. The number of hydrogen-bond donors (Lipinski definition) is 2. The minimum atomic E-state index is -0.443. The zero-order valence-electron chi connectivity index (χ0n) is 7.62. The molecular weight excluding hydrogens is 182 g/mol. The van der Waals surface area contributed by atoms with Gasteiger partial charge >= 0.3 is 0 Å². The largest absolute Gasteiger partial charge is 0.389 e. The number of rotatable bonds is 3. The van der Waals surface area contributed by atoms with Gasteiger partial charge in [0.2, 0.25) is 0 Å². The van der Waals surface area contributed by atoms with Crippen LogP contribution >= 0.6 is 11.3 Å². The van der Waals surface area contributed by atoms with E-state index in [-0.39, 0.29) is 0 Å². The van der Waals surface area contributed by atoms with Gasteiger partial charge in [-0.25, -0.2) is 0 Å². The van der Waals surface area contributed by atoms with Gasteiger partial charge in [-0.15, -0.1) is 0 Å². The van der Waals surface area contributed by atoms with Crippen molar-refractivity contribution < 1.29 is 5.11 Å². The fraction of sp³-hybridized carbons (Fsp3) is 0.600. The van der Waals surface area contributed by atoms with E-state index in [1.54, 1.807) is 11.3 Å². The molecule has 2 N–H and O–H groups in total. The highest BCUT2D eigenvalue weighted by Gasteiger charge is 2.30. The Morgan fingerprint density at radius 3 is 3.15 bits per heavy atom. The minimum Gasteiger partial charge on any atom is -0.389 e. The smallest absolute Gasteiger partial charge is 0.0786 e. The van der Waals surface area contributed by atoms with Crippen LogP contribution in [0.25, 0.3) is 0 Å². The lowest BCUT2D eigenvalue weighted by atomic mass is 9.95. The standard InChI is InChI=1S/C10H15NOS/c12-10(4-5-11-8-10)3-1-9-2-6-13-7-9/h2,6-7,11-12H,1,3-5,8H2. The lowest BCUT2D eigenvalue weighted by molar-refractivity contribution is 0.0527. The summed E-state index contributed by atoms with van der Waals surface area (Å²) in [6.45, 7) is 1.72. The highest BCUT2D eigenvalue weighted by Crippen LogP contribution is 2.21. The highest BCUT2D eigenvalue weighted by atomic mass is 32.1. The maximum Gasteiger partial charge on any atom is 0.0786 e. The van der Waals surface area contributed by atoms with Crippen LogP contribution in [0.2, 0.25) is 0 Å². The van der Waals surface area contributed by atoms with E-state index in [2.05, 4.69) is 22.1 Å². The van der Waals surface area contributed by atoms with Gasteiger partial charge in [0.25, 0.3) is 0 Å². The lowest BCUT2D eigenvalue weighted by Gasteiger charge is -2.20. The molecule has 13 heavy (non-hydrogen) atoms. The molecule has 0 radical (unpaired) electrons. The molecule has 0 saturated carbocycles. The van der Waals surface area contributed by atoms with E-state index >= 15 is 0 Å². The van der Waals surface area contributed by atoms with Crippen LogP contribution in [-0.4, -0.2) is 23.8 Å². The molecule has 2 nitrogen and oxygen atoms in total. The first-order valence-electron chi connectivity index (χ1n) is 4.73. The average molecular weight is 197 g/mol. The van der Waals surface area contributed by atoms with E-state index in [1.165, 1.54) is 5.56 Å². The molecule has 0 aliphatic carbocycles. The number of aryl methyl sites for hydroxylation is 1. The molecule has 0 spiro atoms. The van der Waals surface area contributed by atoms with E-state index in [9.17, 15) is 5.11 Å². The molecule has 0 aromatic carbocycles. The Hall–Kier alpha value is -0.380. The van der Waals surface area contributed by atoms with Crippen LogP contribution in [0.5, 0.6) is 0 Å². The normalized spacial score (nSPS) is 28.1. The summed E-state index contributed by atoms with van der Waals surface area (Å²) in [6, 6.07) is 2.14. The van der Waals surface area contributed by atoms with Crippen molar-refractivity contribution in [2.24, 2.45) is 0 Å². The van der Waals surface area contributed by atoms with Gasteiger partial charge in [-0.05, 0) is 48.2 Å². The molecule has 2 heterocycles. The lowest BCUT2D eigenvalue weighted by Crippen LogP contribution is -2.31. The second-order valence-corrected chi connectivity index (χ2v) is 4.56. The number of hydrogen-bond acceptors (Lipinski definition) is 3. The fourth-order valence-electron chi connectivity index (χ4n) is 1.76. The number of nitrogens with one attached hydrogen (secondary N) is 1. The average Bonchev–Trinajstić information content (AvgIpc) is 2.72. The number of thiophene rings is 1. The van der Waals surface area contributed by atoms with Gasteiger partial charge in [0.1, 0.15) is 0 Å². The van der Waals surface area contributed by atoms with Crippen LogP contribution in [0.15, 0.2) is 16.8 Å². The molecule has 1 aliphatic heterocycles. The molecule has 1 fully saturated rings. The predicted molar refractivity (Wildman–Crippen MR) is 55.1 cm³/mol. The molecule has 0 bridgehead atoms. The molecule has 1 aromatic heterocycles. The van der Waals surface area contributed by atoms with Gasteiger partial charge in [-0.2, -0.15) is 11.3 Å². The third kappa shape index (κ3) is 2.30. The van der Waals surface area contributed by atoms with Crippen molar-refractivity contribution in [1.82, 2.24) is 5.32 Å². The van der Waals surface area contributed by atoms with Crippen LogP contribution in [0.1, 0.15) is 18.4 Å². The highest BCUT2D eigenvalue weighted by molar-refractivity contribution is 7.07. The van der Waals surface area contributed by atoms with Crippen LogP contribution in [-0.2, 0) is 6.42 Å². The Kier molecular flexibility index (Phi) is 2.67. The molecule has 1 aromatic rings. The van der Waals surface area contributed by atoms with Crippen LogP contribution in [0.4, 0.5) is 0 Å². The first-order chi connectivity index (χ1) is 6.29. The van der Waals surface area contributed by atoms with Gasteiger partial charge < -0.3 is 10.4 Å². The minimum absolute atomic E-state index is 0.443. The predicted octanol–water partition coefficient (Wildman–Crippen LogP) is 1.41.